The molecule has 1 atom stereocenters. The molecule has 3 rings (SSSR count). The predicted octanol–water partition coefficient (Wildman–Crippen LogP) is 6.50. The molecular weight excluding hydrogens is 544 g/mol. The molecule has 4 nitrogen and oxygen atoms in total. The maximum Gasteiger partial charge on any atom is 0.243 e. The summed E-state index contributed by atoms with van der Waals surface area (Å²) in [5.41, 5.74) is 2.97. The number of hydrogen-bond acceptors (Lipinski definition) is 3. The first-order chi connectivity index (χ1) is 17.0. The summed E-state index contributed by atoms with van der Waals surface area (Å²) < 4.78 is 0.936. The highest BCUT2D eigenvalue weighted by atomic mass is 79.9. The molecule has 0 radical (unpaired) electrons. The topological polar surface area (TPSA) is 49.4 Å². The van der Waals surface area contributed by atoms with Crippen LogP contribution in [0.25, 0.3) is 0 Å². The van der Waals surface area contributed by atoms with Gasteiger partial charge in [-0.3, -0.25) is 9.59 Å². The van der Waals surface area contributed by atoms with Crippen LogP contribution in [-0.4, -0.2) is 35.1 Å². The molecule has 0 saturated carbocycles. The van der Waals surface area contributed by atoms with Gasteiger partial charge in [-0.05, 0) is 41.3 Å². The van der Waals surface area contributed by atoms with E-state index in [1.54, 1.807) is 4.90 Å². The van der Waals surface area contributed by atoms with Crippen molar-refractivity contribution in [1.82, 2.24) is 10.2 Å². The molecule has 2 amide bonds. The molecule has 0 bridgehead atoms. The van der Waals surface area contributed by atoms with E-state index in [4.69, 9.17) is 11.6 Å². The van der Waals surface area contributed by atoms with Crippen LogP contribution in [-0.2, 0) is 28.3 Å². The molecule has 0 aliphatic rings. The van der Waals surface area contributed by atoms with Crippen LogP contribution in [0.1, 0.15) is 30.0 Å². The average Bonchev–Trinajstić information content (AvgIpc) is 2.86. The Labute approximate surface area is 225 Å². The quantitative estimate of drug-likeness (QED) is 0.269. The Hall–Kier alpha value is -2.28. The van der Waals surface area contributed by atoms with Crippen molar-refractivity contribution in [3.63, 3.8) is 0 Å². The van der Waals surface area contributed by atoms with Gasteiger partial charge in [0.15, 0.2) is 0 Å². The van der Waals surface area contributed by atoms with Crippen LogP contribution in [0.15, 0.2) is 83.3 Å². The van der Waals surface area contributed by atoms with E-state index in [-0.39, 0.29) is 17.6 Å². The fourth-order valence-corrected chi connectivity index (χ4v) is 5.34. The van der Waals surface area contributed by atoms with E-state index in [2.05, 4.69) is 21.2 Å². The first-order valence-electron chi connectivity index (χ1n) is 11.6. The number of amides is 2. The molecule has 1 N–H and O–H groups in total. The second-order valence-electron chi connectivity index (χ2n) is 8.23. The van der Waals surface area contributed by atoms with Gasteiger partial charge in [-0.15, -0.1) is 11.8 Å². The van der Waals surface area contributed by atoms with Crippen LogP contribution < -0.4 is 5.32 Å². The normalized spacial score (nSPS) is 11.6. The number of carbonyl (C=O) groups excluding carboxylic acids is 2. The lowest BCUT2D eigenvalue weighted by atomic mass is 10.0. The number of rotatable bonds is 12. The Morgan fingerprint density at radius 3 is 2.43 bits per heavy atom. The van der Waals surface area contributed by atoms with E-state index in [0.717, 1.165) is 27.6 Å². The van der Waals surface area contributed by atoms with Gasteiger partial charge in [0.05, 0.1) is 5.75 Å². The summed E-state index contributed by atoms with van der Waals surface area (Å²) in [7, 11) is 0. The van der Waals surface area contributed by atoms with Crippen molar-refractivity contribution in [2.24, 2.45) is 0 Å². The number of carbonyl (C=O) groups is 2. The molecular formula is C28H30BrClN2O2S. The second-order valence-corrected chi connectivity index (χ2v) is 10.5. The van der Waals surface area contributed by atoms with Crippen LogP contribution >= 0.6 is 39.3 Å². The smallest absolute Gasteiger partial charge is 0.243 e. The van der Waals surface area contributed by atoms with Crippen LogP contribution in [0.5, 0.6) is 0 Å². The lowest BCUT2D eigenvalue weighted by molar-refractivity contribution is -0.139. The summed E-state index contributed by atoms with van der Waals surface area (Å²) in [6, 6.07) is 24.7. The Kier molecular flexibility index (Phi) is 11.2. The van der Waals surface area contributed by atoms with Gasteiger partial charge in [0.1, 0.15) is 6.04 Å². The summed E-state index contributed by atoms with van der Waals surface area (Å²) in [4.78, 5) is 28.6. The molecule has 184 valence electrons. The van der Waals surface area contributed by atoms with E-state index < -0.39 is 6.04 Å². The Bertz CT molecular complexity index is 1110. The molecule has 0 unspecified atom stereocenters. The average molecular weight is 574 g/mol. The molecule has 0 aromatic heterocycles. The van der Waals surface area contributed by atoms with Gasteiger partial charge in [-0.25, -0.2) is 0 Å². The summed E-state index contributed by atoms with van der Waals surface area (Å²) in [6.07, 6.45) is 1.28. The molecule has 3 aromatic carbocycles. The summed E-state index contributed by atoms with van der Waals surface area (Å²) in [5.74, 6) is 0.678. The highest BCUT2D eigenvalue weighted by molar-refractivity contribution is 9.10. The summed E-state index contributed by atoms with van der Waals surface area (Å²) in [6.45, 7) is 2.94. The predicted molar refractivity (Wildman–Crippen MR) is 150 cm³/mol. The summed E-state index contributed by atoms with van der Waals surface area (Å²) >= 11 is 11.3. The zero-order valence-corrected chi connectivity index (χ0v) is 22.9. The van der Waals surface area contributed by atoms with Gasteiger partial charge < -0.3 is 10.2 Å². The number of benzene rings is 3. The van der Waals surface area contributed by atoms with Gasteiger partial charge in [0.25, 0.3) is 0 Å². The van der Waals surface area contributed by atoms with Crippen molar-refractivity contribution < 1.29 is 9.59 Å². The number of nitrogens with one attached hydrogen (secondary N) is 1. The molecule has 0 saturated heterocycles. The number of hydrogen-bond donors (Lipinski definition) is 1. The number of halogens is 2. The SMILES string of the molecule is CCCNC(=O)[C@H](Cc1ccccc1)N(Cc1cccc(Br)c1)C(=O)CSCc1ccccc1Cl. The highest BCUT2D eigenvalue weighted by Crippen LogP contribution is 2.23. The lowest BCUT2D eigenvalue weighted by Gasteiger charge is -2.31. The van der Waals surface area contributed by atoms with E-state index in [9.17, 15) is 9.59 Å². The monoisotopic (exact) mass is 572 g/mol. The molecule has 0 aliphatic carbocycles. The van der Waals surface area contributed by atoms with Crippen molar-refractivity contribution in [2.75, 3.05) is 12.3 Å². The minimum absolute atomic E-state index is 0.0744. The van der Waals surface area contributed by atoms with Crippen LogP contribution in [0, 0.1) is 0 Å². The van der Waals surface area contributed by atoms with Gasteiger partial charge in [-0.2, -0.15) is 0 Å². The van der Waals surface area contributed by atoms with Crippen LogP contribution in [0.4, 0.5) is 0 Å². The molecule has 0 fully saturated rings. The van der Waals surface area contributed by atoms with Crippen molar-refractivity contribution >= 4 is 51.1 Å². The molecule has 0 spiro atoms. The molecule has 3 aromatic rings. The minimum Gasteiger partial charge on any atom is -0.354 e. The third-order valence-corrected chi connectivity index (χ3v) is 7.33. The van der Waals surface area contributed by atoms with E-state index >= 15 is 0 Å². The van der Waals surface area contributed by atoms with Gasteiger partial charge in [-0.1, -0.05) is 95.1 Å². The third-order valence-electron chi connectivity index (χ3n) is 5.50. The molecule has 0 heterocycles. The van der Waals surface area contributed by atoms with Crippen molar-refractivity contribution in [3.8, 4) is 0 Å². The van der Waals surface area contributed by atoms with E-state index in [1.165, 1.54) is 11.8 Å². The highest BCUT2D eigenvalue weighted by Gasteiger charge is 2.30. The Balaban J connectivity index is 1.84. The standard InChI is InChI=1S/C28H30BrClN2O2S/c1-2-15-31-28(34)26(17-21-9-4-3-5-10-21)32(18-22-11-8-13-24(29)16-22)27(33)20-35-19-23-12-6-7-14-25(23)30/h3-14,16,26H,2,15,17-20H2,1H3,(H,31,34)/t26-/m0/s1. The van der Waals surface area contributed by atoms with Crippen LogP contribution in [0.2, 0.25) is 5.02 Å². The van der Waals surface area contributed by atoms with E-state index in [1.807, 2.05) is 85.8 Å². The van der Waals surface area contributed by atoms with Gasteiger partial charge in [0, 0.05) is 34.8 Å². The maximum atomic E-state index is 13.6. The third kappa shape index (κ3) is 8.71. The second kappa shape index (κ2) is 14.3. The first kappa shape index (κ1) is 27.3. The fraction of sp³-hybridized carbons (Fsp3) is 0.286. The Morgan fingerprint density at radius 1 is 1.00 bits per heavy atom. The Morgan fingerprint density at radius 2 is 1.71 bits per heavy atom. The van der Waals surface area contributed by atoms with Crippen LogP contribution in [0.3, 0.4) is 0 Å². The summed E-state index contributed by atoms with van der Waals surface area (Å²) in [5, 5.41) is 3.70. The maximum absolute atomic E-state index is 13.6. The lowest BCUT2D eigenvalue weighted by Crippen LogP contribution is -2.51. The largest absolute Gasteiger partial charge is 0.354 e. The minimum atomic E-state index is -0.614. The van der Waals surface area contributed by atoms with Crippen molar-refractivity contribution in [2.45, 2.75) is 38.1 Å². The zero-order valence-electron chi connectivity index (χ0n) is 19.8. The fourth-order valence-electron chi connectivity index (χ4n) is 3.70. The zero-order chi connectivity index (χ0) is 25.0. The molecule has 0 aliphatic heterocycles. The van der Waals surface area contributed by atoms with Gasteiger partial charge >= 0.3 is 0 Å². The first-order valence-corrected chi connectivity index (χ1v) is 14.0. The van der Waals surface area contributed by atoms with Crippen molar-refractivity contribution in [1.29, 1.82) is 0 Å². The number of thioether (sulfide) groups is 1. The van der Waals surface area contributed by atoms with Gasteiger partial charge in [0.2, 0.25) is 11.8 Å². The molecule has 35 heavy (non-hydrogen) atoms. The van der Waals surface area contributed by atoms with Crippen molar-refractivity contribution in [3.05, 3.63) is 105 Å². The van der Waals surface area contributed by atoms with E-state index in [0.29, 0.717) is 30.3 Å². The number of nitrogens with zero attached hydrogens (tertiary/aromatic N) is 1. The molecule has 7 heteroatoms.